The predicted molar refractivity (Wildman–Crippen MR) is 128 cm³/mol. The van der Waals surface area contributed by atoms with E-state index in [9.17, 15) is 0 Å². The topological polar surface area (TPSA) is 9.23 Å². The molecule has 0 saturated heterocycles. The number of fused-ring (bicyclic) bond motifs is 5. The molecule has 3 fully saturated rings. The van der Waals surface area contributed by atoms with Crippen molar-refractivity contribution in [1.29, 1.82) is 0 Å². The molecule has 0 heterocycles. The molecule has 4 rings (SSSR count). The summed E-state index contributed by atoms with van der Waals surface area (Å²) in [5.41, 5.74) is 2.84. The minimum Gasteiger partial charge on any atom is -0.377 e. The van der Waals surface area contributed by atoms with Crippen molar-refractivity contribution < 1.29 is 4.74 Å². The summed E-state index contributed by atoms with van der Waals surface area (Å²) in [6.07, 6.45) is 17.2. The Morgan fingerprint density at radius 3 is 2.40 bits per heavy atom. The number of hydrogen-bond acceptors (Lipinski definition) is 1. The monoisotopic (exact) mass is 414 g/mol. The molecular weight excluding hydrogens is 364 g/mol. The van der Waals surface area contributed by atoms with Gasteiger partial charge in [0.2, 0.25) is 0 Å². The zero-order valence-corrected chi connectivity index (χ0v) is 21.2. The minimum absolute atomic E-state index is 0.378. The fraction of sp³-hybridized carbons (Fsp3) is 0.931. The van der Waals surface area contributed by atoms with E-state index in [1.54, 1.807) is 5.57 Å². The van der Waals surface area contributed by atoms with Crippen LogP contribution in [0.1, 0.15) is 106 Å². The Morgan fingerprint density at radius 2 is 1.70 bits per heavy atom. The molecule has 0 radical (unpaired) electrons. The van der Waals surface area contributed by atoms with Crippen LogP contribution in [0.3, 0.4) is 0 Å². The van der Waals surface area contributed by atoms with Gasteiger partial charge >= 0.3 is 0 Å². The summed E-state index contributed by atoms with van der Waals surface area (Å²) in [6.45, 7) is 15.2. The lowest BCUT2D eigenvalue weighted by molar-refractivity contribution is -0.0640. The van der Waals surface area contributed by atoms with E-state index in [0.29, 0.717) is 16.9 Å². The first-order valence-corrected chi connectivity index (χ1v) is 13.4. The molecule has 0 unspecified atom stereocenters. The van der Waals surface area contributed by atoms with Gasteiger partial charge in [-0.05, 0) is 104 Å². The lowest BCUT2D eigenvalue weighted by atomic mass is 9.46. The molecule has 1 nitrogen and oxygen atoms in total. The van der Waals surface area contributed by atoms with Crippen LogP contribution in [0.2, 0.25) is 0 Å². The normalized spacial score (nSPS) is 45.3. The first-order valence-electron chi connectivity index (χ1n) is 13.4. The molecule has 0 bridgehead atoms. The van der Waals surface area contributed by atoms with Crippen LogP contribution in [-0.4, -0.2) is 13.2 Å². The van der Waals surface area contributed by atoms with Gasteiger partial charge < -0.3 is 4.74 Å². The largest absolute Gasteiger partial charge is 0.377 e. The van der Waals surface area contributed by atoms with Gasteiger partial charge in [-0.2, -0.15) is 0 Å². The van der Waals surface area contributed by atoms with Gasteiger partial charge in [0.05, 0.1) is 6.10 Å². The third-order valence-electron chi connectivity index (χ3n) is 11.3. The molecule has 172 valence electrons. The second-order valence-electron chi connectivity index (χ2n) is 12.8. The number of rotatable bonds is 6. The lowest BCUT2D eigenvalue weighted by Crippen LogP contribution is -2.51. The van der Waals surface area contributed by atoms with Crippen LogP contribution in [0.25, 0.3) is 0 Å². The maximum atomic E-state index is 5.72. The van der Waals surface area contributed by atoms with Gasteiger partial charge in [0.1, 0.15) is 0 Å². The number of allylic oxidation sites excluding steroid dienone is 1. The lowest BCUT2D eigenvalue weighted by Gasteiger charge is -2.59. The van der Waals surface area contributed by atoms with Crippen LogP contribution in [0.15, 0.2) is 11.6 Å². The van der Waals surface area contributed by atoms with Crippen molar-refractivity contribution in [3.05, 3.63) is 11.6 Å². The van der Waals surface area contributed by atoms with Crippen LogP contribution in [-0.2, 0) is 4.74 Å². The molecule has 1 heteroatoms. The Hall–Kier alpha value is -0.300. The summed E-state index contributed by atoms with van der Waals surface area (Å²) in [7, 11) is 1.89. The van der Waals surface area contributed by atoms with Crippen molar-refractivity contribution in [3.8, 4) is 0 Å². The van der Waals surface area contributed by atoms with Gasteiger partial charge in [-0.25, -0.2) is 0 Å². The average molecular weight is 415 g/mol. The molecule has 0 aliphatic heterocycles. The molecule has 0 aromatic carbocycles. The molecule has 0 aromatic heterocycles. The van der Waals surface area contributed by atoms with Gasteiger partial charge in [0.15, 0.2) is 0 Å². The molecule has 0 amide bonds. The highest BCUT2D eigenvalue weighted by Crippen LogP contribution is 2.67. The van der Waals surface area contributed by atoms with Crippen LogP contribution < -0.4 is 0 Å². The van der Waals surface area contributed by atoms with Crippen LogP contribution in [0, 0.1) is 52.3 Å². The van der Waals surface area contributed by atoms with Gasteiger partial charge in [0, 0.05) is 7.11 Å². The summed E-state index contributed by atoms with van der Waals surface area (Å²) in [6, 6.07) is 0. The van der Waals surface area contributed by atoms with E-state index in [1.807, 2.05) is 7.11 Å². The SMILES string of the molecule is CO[C@@H]1C=C2CC[C@H]3[C@@H]4CC[C@H]([C@H](C)CC[C@H](C)C(C)C)[C@@]4(C)CC[C@@H]3[C@@]2(C)CC1. The minimum atomic E-state index is 0.378. The third-order valence-corrected chi connectivity index (χ3v) is 11.3. The van der Waals surface area contributed by atoms with Crippen molar-refractivity contribution in [1.82, 2.24) is 0 Å². The fourth-order valence-electron chi connectivity index (χ4n) is 8.92. The summed E-state index contributed by atoms with van der Waals surface area (Å²) < 4.78 is 5.72. The van der Waals surface area contributed by atoms with Crippen LogP contribution >= 0.6 is 0 Å². The van der Waals surface area contributed by atoms with E-state index < -0.39 is 0 Å². The highest BCUT2D eigenvalue weighted by atomic mass is 16.5. The fourth-order valence-corrected chi connectivity index (χ4v) is 8.92. The van der Waals surface area contributed by atoms with Gasteiger partial charge in [0.25, 0.3) is 0 Å². The molecule has 30 heavy (non-hydrogen) atoms. The van der Waals surface area contributed by atoms with Crippen molar-refractivity contribution in [3.63, 3.8) is 0 Å². The molecule has 9 atom stereocenters. The van der Waals surface area contributed by atoms with Crippen molar-refractivity contribution >= 4 is 0 Å². The third kappa shape index (κ3) is 3.74. The van der Waals surface area contributed by atoms with E-state index in [2.05, 4.69) is 47.6 Å². The quantitative estimate of drug-likeness (QED) is 0.397. The van der Waals surface area contributed by atoms with Crippen molar-refractivity contribution in [2.24, 2.45) is 52.3 Å². The molecule has 0 spiro atoms. The van der Waals surface area contributed by atoms with Gasteiger partial charge in [-0.3, -0.25) is 0 Å². The van der Waals surface area contributed by atoms with Gasteiger partial charge in [-0.1, -0.05) is 66.0 Å². The van der Waals surface area contributed by atoms with E-state index >= 15 is 0 Å². The van der Waals surface area contributed by atoms with Crippen molar-refractivity contribution in [2.45, 2.75) is 112 Å². The Labute approximate surface area is 187 Å². The maximum absolute atomic E-state index is 5.72. The number of methoxy groups -OCH3 is 1. The summed E-state index contributed by atoms with van der Waals surface area (Å²) in [4.78, 5) is 0. The Balaban J connectivity index is 1.48. The second kappa shape index (κ2) is 8.57. The standard InChI is InChI=1S/C29H50O/c1-19(2)20(3)8-9-21(4)25-12-13-26-24-11-10-22-18-23(30-7)14-16-28(22,5)27(24)15-17-29(25,26)6/h18-21,23-27H,8-17H2,1-7H3/t20-,21+,23-,24-,25+,26-,27-,28-,29+/m0/s1. The number of ether oxygens (including phenoxy) is 1. The molecule has 4 aliphatic carbocycles. The average Bonchev–Trinajstić information content (AvgIpc) is 3.08. The summed E-state index contributed by atoms with van der Waals surface area (Å²) in [5, 5.41) is 0. The molecule has 0 N–H and O–H groups in total. The Morgan fingerprint density at radius 1 is 0.933 bits per heavy atom. The van der Waals surface area contributed by atoms with E-state index in [-0.39, 0.29) is 0 Å². The van der Waals surface area contributed by atoms with Crippen molar-refractivity contribution in [2.75, 3.05) is 7.11 Å². The molecular formula is C29H50O. The predicted octanol–water partition coefficient (Wildman–Crippen LogP) is 8.29. The zero-order chi connectivity index (χ0) is 21.7. The summed E-state index contributed by atoms with van der Waals surface area (Å²) >= 11 is 0. The Bertz CT molecular complexity index is 634. The molecule has 3 saturated carbocycles. The van der Waals surface area contributed by atoms with E-state index in [1.165, 1.54) is 64.2 Å². The smallest absolute Gasteiger partial charge is 0.0755 e. The first-order chi connectivity index (χ1) is 14.2. The zero-order valence-electron chi connectivity index (χ0n) is 21.2. The molecule has 0 aromatic rings. The van der Waals surface area contributed by atoms with Gasteiger partial charge in [-0.15, -0.1) is 0 Å². The highest BCUT2D eigenvalue weighted by molar-refractivity contribution is 5.25. The van der Waals surface area contributed by atoms with Crippen LogP contribution in [0.5, 0.6) is 0 Å². The molecule has 4 aliphatic rings. The van der Waals surface area contributed by atoms with E-state index in [0.717, 1.165) is 41.4 Å². The second-order valence-corrected chi connectivity index (χ2v) is 12.8. The Kier molecular flexibility index (Phi) is 6.53. The number of hydrogen-bond donors (Lipinski definition) is 0. The van der Waals surface area contributed by atoms with Crippen LogP contribution in [0.4, 0.5) is 0 Å². The summed E-state index contributed by atoms with van der Waals surface area (Å²) in [5.74, 6) is 6.49. The highest BCUT2D eigenvalue weighted by Gasteiger charge is 2.59. The van der Waals surface area contributed by atoms with E-state index in [4.69, 9.17) is 4.74 Å². The first kappa shape index (κ1) is 22.9. The maximum Gasteiger partial charge on any atom is 0.0755 e.